The van der Waals surface area contributed by atoms with Crippen molar-refractivity contribution in [1.29, 1.82) is 5.26 Å². The van der Waals surface area contributed by atoms with Gasteiger partial charge in [-0.05, 0) is 60.5 Å². The number of nitrogens with one attached hydrogen (secondary N) is 1. The van der Waals surface area contributed by atoms with Crippen LogP contribution in [0.4, 0.5) is 11.4 Å². The summed E-state index contributed by atoms with van der Waals surface area (Å²) in [5, 5.41) is 23.3. The normalized spacial score (nSPS) is 10.9. The highest BCUT2D eigenvalue weighted by Gasteiger charge is 2.19. The molecule has 0 saturated carbocycles. The molecule has 3 aromatic rings. The number of nitriles is 1. The summed E-state index contributed by atoms with van der Waals surface area (Å²) in [5.41, 5.74) is 0.785. The van der Waals surface area contributed by atoms with Crippen molar-refractivity contribution < 1.29 is 19.2 Å². The molecule has 35 heavy (non-hydrogen) atoms. The second-order valence-electron chi connectivity index (χ2n) is 7.10. The zero-order valence-corrected chi connectivity index (χ0v) is 20.8. The Morgan fingerprint density at radius 1 is 1.14 bits per heavy atom. The van der Waals surface area contributed by atoms with E-state index in [0.717, 1.165) is 16.1 Å². The van der Waals surface area contributed by atoms with Gasteiger partial charge in [-0.2, -0.15) is 5.26 Å². The van der Waals surface area contributed by atoms with Gasteiger partial charge in [-0.15, -0.1) is 0 Å². The van der Waals surface area contributed by atoms with E-state index in [0.29, 0.717) is 30.3 Å². The second-order valence-corrected chi connectivity index (χ2v) is 8.45. The Morgan fingerprint density at radius 3 is 2.54 bits per heavy atom. The van der Waals surface area contributed by atoms with Crippen LogP contribution in [0.1, 0.15) is 18.1 Å². The summed E-state index contributed by atoms with van der Waals surface area (Å²) in [6.45, 7) is 2.54. The van der Waals surface area contributed by atoms with Crippen molar-refractivity contribution in [2.24, 2.45) is 0 Å². The third-order valence-electron chi connectivity index (χ3n) is 4.66. The van der Waals surface area contributed by atoms with Gasteiger partial charge >= 0.3 is 0 Å². The molecule has 0 aromatic heterocycles. The summed E-state index contributed by atoms with van der Waals surface area (Å²) in [7, 11) is 0. The van der Waals surface area contributed by atoms with Crippen molar-refractivity contribution in [2.45, 2.75) is 13.5 Å². The molecule has 3 aromatic carbocycles. The quantitative estimate of drug-likeness (QED) is 0.139. The van der Waals surface area contributed by atoms with E-state index in [-0.39, 0.29) is 22.0 Å². The average Bonchev–Trinajstić information content (AvgIpc) is 2.84. The maximum absolute atomic E-state index is 12.7. The zero-order valence-electron chi connectivity index (χ0n) is 18.5. The molecule has 10 heteroatoms. The maximum atomic E-state index is 12.7. The first-order chi connectivity index (χ1) is 16.8. The molecular weight excluding hydrogens is 538 g/mol. The van der Waals surface area contributed by atoms with E-state index in [1.165, 1.54) is 18.2 Å². The van der Waals surface area contributed by atoms with Gasteiger partial charge in [0.25, 0.3) is 11.6 Å². The molecule has 0 fully saturated rings. The zero-order chi connectivity index (χ0) is 25.4. The van der Waals surface area contributed by atoms with Gasteiger partial charge in [-0.1, -0.05) is 45.7 Å². The molecule has 0 aliphatic heterocycles. The fourth-order valence-electron chi connectivity index (χ4n) is 3.01. The minimum Gasteiger partial charge on any atom is -0.490 e. The lowest BCUT2D eigenvalue weighted by molar-refractivity contribution is -0.383. The van der Waals surface area contributed by atoms with Gasteiger partial charge in [0.05, 0.1) is 11.5 Å². The number of hydrogen-bond acceptors (Lipinski definition) is 6. The van der Waals surface area contributed by atoms with E-state index in [9.17, 15) is 20.2 Å². The van der Waals surface area contributed by atoms with E-state index in [2.05, 4.69) is 21.2 Å². The molecular formula is C25H19BrClN3O5. The highest BCUT2D eigenvalue weighted by Crippen LogP contribution is 2.31. The number of hydrogen-bond donors (Lipinski definition) is 1. The SMILES string of the molecule is CCOc1cc(/C=C(/C#N)C(=O)Nc2ccc(Cl)cc2[N+](=O)[O-])ccc1OCc1ccc(Br)cc1. The monoisotopic (exact) mass is 555 g/mol. The van der Waals surface area contributed by atoms with Gasteiger partial charge in [0.2, 0.25) is 0 Å². The average molecular weight is 557 g/mol. The Bertz CT molecular complexity index is 1320. The number of halogens is 2. The van der Waals surface area contributed by atoms with Crippen LogP contribution in [0.2, 0.25) is 5.02 Å². The number of anilines is 1. The molecule has 3 rings (SSSR count). The highest BCUT2D eigenvalue weighted by atomic mass is 79.9. The molecule has 0 saturated heterocycles. The summed E-state index contributed by atoms with van der Waals surface area (Å²) in [5.74, 6) is 0.155. The third kappa shape index (κ3) is 7.06. The molecule has 0 radical (unpaired) electrons. The van der Waals surface area contributed by atoms with E-state index in [4.69, 9.17) is 21.1 Å². The second kappa shape index (κ2) is 12.0. The lowest BCUT2D eigenvalue weighted by atomic mass is 10.1. The number of benzene rings is 3. The fourth-order valence-corrected chi connectivity index (χ4v) is 3.44. The van der Waals surface area contributed by atoms with Gasteiger partial charge in [0, 0.05) is 15.6 Å². The first-order valence-corrected chi connectivity index (χ1v) is 11.5. The molecule has 1 N–H and O–H groups in total. The Morgan fingerprint density at radius 2 is 1.89 bits per heavy atom. The minimum atomic E-state index is -0.800. The van der Waals surface area contributed by atoms with E-state index in [1.807, 2.05) is 37.3 Å². The smallest absolute Gasteiger partial charge is 0.294 e. The Kier molecular flexibility index (Phi) is 8.84. The first-order valence-electron chi connectivity index (χ1n) is 10.3. The number of amides is 1. The molecule has 0 aliphatic carbocycles. The Hall–Kier alpha value is -3.87. The minimum absolute atomic E-state index is 0.0720. The Labute approximate surface area is 215 Å². The van der Waals surface area contributed by atoms with Crippen molar-refractivity contribution >= 4 is 50.9 Å². The summed E-state index contributed by atoms with van der Waals surface area (Å²) in [4.78, 5) is 23.2. The van der Waals surface area contributed by atoms with Crippen molar-refractivity contribution in [3.05, 3.63) is 97.0 Å². The predicted octanol–water partition coefficient (Wildman–Crippen LogP) is 6.53. The van der Waals surface area contributed by atoms with Crippen LogP contribution in [0.15, 0.2) is 70.7 Å². The van der Waals surface area contributed by atoms with E-state index in [1.54, 1.807) is 18.2 Å². The molecule has 8 nitrogen and oxygen atoms in total. The van der Waals surface area contributed by atoms with Crippen LogP contribution in [-0.4, -0.2) is 17.4 Å². The van der Waals surface area contributed by atoms with Gasteiger partial charge in [-0.3, -0.25) is 14.9 Å². The van der Waals surface area contributed by atoms with Crippen LogP contribution in [0.5, 0.6) is 11.5 Å². The van der Waals surface area contributed by atoms with Crippen LogP contribution in [-0.2, 0) is 11.4 Å². The van der Waals surface area contributed by atoms with Crippen molar-refractivity contribution in [1.82, 2.24) is 0 Å². The van der Waals surface area contributed by atoms with Crippen LogP contribution >= 0.6 is 27.5 Å². The molecule has 1 amide bonds. The molecule has 0 bridgehead atoms. The summed E-state index contributed by atoms with van der Waals surface area (Å²) in [6.07, 6.45) is 1.36. The van der Waals surface area contributed by atoms with E-state index < -0.39 is 10.8 Å². The number of rotatable bonds is 9. The van der Waals surface area contributed by atoms with Crippen LogP contribution in [0, 0.1) is 21.4 Å². The molecule has 0 heterocycles. The maximum Gasteiger partial charge on any atom is 0.294 e. The topological polar surface area (TPSA) is 114 Å². The summed E-state index contributed by atoms with van der Waals surface area (Å²) >= 11 is 9.20. The number of carbonyl (C=O) groups excluding carboxylic acids is 1. The first kappa shape index (κ1) is 25.7. The van der Waals surface area contributed by atoms with Crippen LogP contribution in [0.25, 0.3) is 6.08 Å². The third-order valence-corrected chi connectivity index (χ3v) is 5.42. The number of nitro benzene ring substituents is 1. The van der Waals surface area contributed by atoms with Crippen molar-refractivity contribution in [2.75, 3.05) is 11.9 Å². The van der Waals surface area contributed by atoms with Crippen molar-refractivity contribution in [3.63, 3.8) is 0 Å². The van der Waals surface area contributed by atoms with Gasteiger partial charge in [0.1, 0.15) is 23.9 Å². The van der Waals surface area contributed by atoms with Crippen LogP contribution < -0.4 is 14.8 Å². The molecule has 0 spiro atoms. The summed E-state index contributed by atoms with van der Waals surface area (Å²) in [6, 6.07) is 18.4. The fraction of sp³-hybridized carbons (Fsp3) is 0.120. The largest absolute Gasteiger partial charge is 0.490 e. The van der Waals surface area contributed by atoms with E-state index >= 15 is 0 Å². The predicted molar refractivity (Wildman–Crippen MR) is 136 cm³/mol. The molecule has 0 unspecified atom stereocenters. The highest BCUT2D eigenvalue weighted by molar-refractivity contribution is 9.10. The van der Waals surface area contributed by atoms with Crippen molar-refractivity contribution in [3.8, 4) is 17.6 Å². The van der Waals surface area contributed by atoms with Gasteiger partial charge in [0.15, 0.2) is 11.5 Å². The lowest BCUT2D eigenvalue weighted by Crippen LogP contribution is -2.14. The van der Waals surface area contributed by atoms with Gasteiger partial charge in [-0.25, -0.2) is 0 Å². The lowest BCUT2D eigenvalue weighted by Gasteiger charge is -2.13. The standard InChI is InChI=1S/C25H19BrClN3O5/c1-2-34-24-12-17(5-10-23(24)35-15-16-3-6-19(26)7-4-16)11-18(14-28)25(31)29-21-9-8-20(27)13-22(21)30(32)33/h3-13H,2,15H2,1H3,(H,29,31)/b18-11-. The number of nitrogens with zero attached hydrogens (tertiary/aromatic N) is 2. The molecule has 0 aliphatic rings. The summed E-state index contributed by atoms with van der Waals surface area (Å²) < 4.78 is 12.5. The molecule has 0 atom stereocenters. The van der Waals surface area contributed by atoms with Crippen LogP contribution in [0.3, 0.4) is 0 Å². The number of ether oxygens (including phenoxy) is 2. The molecule has 178 valence electrons. The number of carbonyl (C=O) groups is 1. The van der Waals surface area contributed by atoms with Gasteiger partial charge < -0.3 is 14.8 Å². The Balaban J connectivity index is 1.81. The number of nitro groups is 1.